The fourth-order valence-corrected chi connectivity index (χ4v) is 3.38. The van der Waals surface area contributed by atoms with Gasteiger partial charge in [-0.2, -0.15) is 9.97 Å². The summed E-state index contributed by atoms with van der Waals surface area (Å²) in [4.78, 5) is 9.31. The van der Waals surface area contributed by atoms with E-state index in [1.165, 1.54) is 0 Å². The first-order valence-corrected chi connectivity index (χ1v) is 12.6. The highest BCUT2D eigenvalue weighted by Gasteiger charge is 2.20. The molecule has 2 N–H and O–H groups in total. The van der Waals surface area contributed by atoms with Gasteiger partial charge in [-0.05, 0) is 54.8 Å². The van der Waals surface area contributed by atoms with Crippen LogP contribution in [0.15, 0.2) is 48.5 Å². The molecule has 8 heteroatoms. The summed E-state index contributed by atoms with van der Waals surface area (Å²) in [6.07, 6.45) is 4.12. The number of aliphatic hydroxyl groups is 2. The molecule has 0 aliphatic rings. The summed E-state index contributed by atoms with van der Waals surface area (Å²) < 4.78 is 23.2. The molecule has 0 amide bonds. The molecule has 3 aromatic rings. The van der Waals surface area contributed by atoms with Crippen LogP contribution in [-0.2, 0) is 0 Å². The molecule has 0 fully saturated rings. The van der Waals surface area contributed by atoms with Crippen molar-refractivity contribution >= 4 is 0 Å². The van der Waals surface area contributed by atoms with Gasteiger partial charge in [-0.15, -0.1) is 0 Å². The monoisotopic (exact) mass is 496 g/mol. The number of rotatable bonds is 16. The van der Waals surface area contributed by atoms with E-state index >= 15 is 0 Å². The fourth-order valence-electron chi connectivity index (χ4n) is 3.38. The molecule has 0 radical (unpaired) electrons. The van der Waals surface area contributed by atoms with E-state index in [9.17, 15) is 10.2 Å². The number of hydrogen-bond donors (Lipinski definition) is 2. The lowest BCUT2D eigenvalue weighted by Crippen LogP contribution is -2.10. The summed E-state index contributed by atoms with van der Waals surface area (Å²) in [5, 5.41) is 18.8. The zero-order valence-electron chi connectivity index (χ0n) is 21.1. The first kappa shape index (κ1) is 27.2. The fraction of sp³-hybridized carbons (Fsp3) is 0.429. The predicted molar refractivity (Wildman–Crippen MR) is 139 cm³/mol. The van der Waals surface area contributed by atoms with E-state index in [0.29, 0.717) is 24.6 Å². The third-order valence-electron chi connectivity index (χ3n) is 5.29. The van der Waals surface area contributed by atoms with Crippen LogP contribution in [-0.4, -0.2) is 59.8 Å². The van der Waals surface area contributed by atoms with E-state index in [2.05, 4.69) is 23.8 Å². The number of benzene rings is 2. The highest BCUT2D eigenvalue weighted by Crippen LogP contribution is 2.38. The van der Waals surface area contributed by atoms with Gasteiger partial charge < -0.3 is 29.2 Å². The first-order chi connectivity index (χ1) is 17.7. The van der Waals surface area contributed by atoms with Gasteiger partial charge in [0.2, 0.25) is 11.8 Å². The molecule has 194 valence electrons. The van der Waals surface area contributed by atoms with Crippen molar-refractivity contribution < 1.29 is 29.2 Å². The van der Waals surface area contributed by atoms with Crippen LogP contribution in [0.2, 0.25) is 0 Å². The van der Waals surface area contributed by atoms with Crippen molar-refractivity contribution in [2.45, 2.75) is 39.5 Å². The van der Waals surface area contributed by atoms with Crippen molar-refractivity contribution in [3.63, 3.8) is 0 Å². The minimum atomic E-state index is -0.167. The van der Waals surface area contributed by atoms with E-state index in [1.54, 1.807) is 0 Å². The van der Waals surface area contributed by atoms with Crippen LogP contribution in [0.1, 0.15) is 39.5 Å². The molecule has 0 atom stereocenters. The van der Waals surface area contributed by atoms with Crippen molar-refractivity contribution in [1.29, 1.82) is 0 Å². The smallest absolute Gasteiger partial charge is 0.229 e. The average molecular weight is 497 g/mol. The number of aromatic nitrogens is 2. The molecule has 0 saturated heterocycles. The van der Waals surface area contributed by atoms with E-state index < -0.39 is 0 Å². The van der Waals surface area contributed by atoms with Crippen molar-refractivity contribution in [2.75, 3.05) is 39.6 Å². The lowest BCUT2D eigenvalue weighted by atomic mass is 10.1. The summed E-state index contributed by atoms with van der Waals surface area (Å²) >= 11 is 0. The van der Waals surface area contributed by atoms with E-state index in [1.807, 2.05) is 48.5 Å². The quantitative estimate of drug-likeness (QED) is 0.270. The molecule has 0 saturated carbocycles. The van der Waals surface area contributed by atoms with Crippen molar-refractivity contribution in [3.05, 3.63) is 48.5 Å². The largest absolute Gasteiger partial charge is 0.494 e. The maximum atomic E-state index is 9.38. The SMILES string of the molecule is CCCCOc1ccc(-c2nc(OCCO)c(-c3ccc(OCCCC)cc3)c(OCCO)n2)cc1. The first-order valence-electron chi connectivity index (χ1n) is 12.6. The van der Waals surface area contributed by atoms with Gasteiger partial charge in [0.25, 0.3) is 0 Å². The zero-order valence-corrected chi connectivity index (χ0v) is 21.1. The van der Waals surface area contributed by atoms with Gasteiger partial charge in [-0.1, -0.05) is 38.8 Å². The minimum absolute atomic E-state index is 0.0608. The van der Waals surface area contributed by atoms with Gasteiger partial charge >= 0.3 is 0 Å². The molecule has 36 heavy (non-hydrogen) atoms. The van der Waals surface area contributed by atoms with E-state index in [-0.39, 0.29) is 38.2 Å². The van der Waals surface area contributed by atoms with Gasteiger partial charge in [-0.3, -0.25) is 0 Å². The van der Waals surface area contributed by atoms with Crippen molar-refractivity contribution in [3.8, 4) is 45.8 Å². The molecule has 0 bridgehead atoms. The zero-order chi connectivity index (χ0) is 25.6. The second-order valence-corrected chi connectivity index (χ2v) is 8.13. The molecular weight excluding hydrogens is 460 g/mol. The minimum Gasteiger partial charge on any atom is -0.494 e. The number of hydrogen-bond acceptors (Lipinski definition) is 8. The van der Waals surface area contributed by atoms with Crippen LogP contribution in [0.5, 0.6) is 23.3 Å². The molecule has 1 aromatic heterocycles. The summed E-state index contributed by atoms with van der Waals surface area (Å²) in [5.41, 5.74) is 2.07. The molecule has 1 heterocycles. The lowest BCUT2D eigenvalue weighted by molar-refractivity contribution is 0.189. The van der Waals surface area contributed by atoms with Gasteiger partial charge in [0.05, 0.1) is 26.4 Å². The standard InChI is InChI=1S/C28H36N2O6/c1-3-5-17-33-23-11-7-21(8-12-23)25-27(35-19-15-31)29-26(30-28(25)36-20-16-32)22-9-13-24(14-10-22)34-18-6-4-2/h7-14,31-32H,3-6,15-20H2,1-2H3. The molecule has 2 aromatic carbocycles. The Balaban J connectivity index is 1.96. The number of nitrogens with zero attached hydrogens (tertiary/aromatic N) is 2. The third-order valence-corrected chi connectivity index (χ3v) is 5.29. The van der Waals surface area contributed by atoms with E-state index in [0.717, 1.165) is 48.3 Å². The van der Waals surface area contributed by atoms with Crippen LogP contribution in [0.3, 0.4) is 0 Å². The molecule has 0 aliphatic heterocycles. The summed E-state index contributed by atoms with van der Waals surface area (Å²) in [5.74, 6) is 2.51. The molecule has 0 spiro atoms. The second kappa shape index (κ2) is 14.9. The number of ether oxygens (including phenoxy) is 4. The maximum Gasteiger partial charge on any atom is 0.229 e. The maximum absolute atomic E-state index is 9.38. The normalized spacial score (nSPS) is 10.8. The second-order valence-electron chi connectivity index (χ2n) is 8.13. The van der Waals surface area contributed by atoms with Crippen LogP contribution >= 0.6 is 0 Å². The third kappa shape index (κ3) is 7.83. The number of aliphatic hydroxyl groups excluding tert-OH is 2. The molecule has 8 nitrogen and oxygen atoms in total. The Kier molecular flexibility index (Phi) is 11.3. The Morgan fingerprint density at radius 3 is 1.44 bits per heavy atom. The Morgan fingerprint density at radius 2 is 1.03 bits per heavy atom. The Morgan fingerprint density at radius 1 is 0.583 bits per heavy atom. The molecule has 0 aliphatic carbocycles. The lowest BCUT2D eigenvalue weighted by Gasteiger charge is -2.16. The highest BCUT2D eigenvalue weighted by atomic mass is 16.5. The van der Waals surface area contributed by atoms with Gasteiger partial charge in [0, 0.05) is 5.56 Å². The molecular formula is C28H36N2O6. The summed E-state index contributed by atoms with van der Waals surface area (Å²) in [7, 11) is 0. The predicted octanol–water partition coefficient (Wildman–Crippen LogP) is 4.91. The van der Waals surface area contributed by atoms with Crippen molar-refractivity contribution in [2.24, 2.45) is 0 Å². The van der Waals surface area contributed by atoms with Crippen LogP contribution in [0.25, 0.3) is 22.5 Å². The van der Waals surface area contributed by atoms with Gasteiger partial charge in [0.15, 0.2) is 5.82 Å². The molecule has 0 unspecified atom stereocenters. The van der Waals surface area contributed by atoms with Crippen LogP contribution in [0.4, 0.5) is 0 Å². The Labute approximate surface area is 212 Å². The Bertz CT molecular complexity index is 1010. The summed E-state index contributed by atoms with van der Waals surface area (Å²) in [6, 6.07) is 15.0. The van der Waals surface area contributed by atoms with Gasteiger partial charge in [-0.25, -0.2) is 0 Å². The number of unbranched alkanes of at least 4 members (excludes halogenated alkanes) is 2. The molecule has 3 rings (SSSR count). The van der Waals surface area contributed by atoms with E-state index in [4.69, 9.17) is 18.9 Å². The Hall–Kier alpha value is -3.36. The highest BCUT2D eigenvalue weighted by molar-refractivity contribution is 5.76. The van der Waals surface area contributed by atoms with Crippen molar-refractivity contribution in [1.82, 2.24) is 9.97 Å². The van der Waals surface area contributed by atoms with Crippen LogP contribution in [0, 0.1) is 0 Å². The van der Waals surface area contributed by atoms with Crippen LogP contribution < -0.4 is 18.9 Å². The van der Waals surface area contributed by atoms with Gasteiger partial charge in [0.1, 0.15) is 30.3 Å². The average Bonchev–Trinajstić information content (AvgIpc) is 2.91. The topological polar surface area (TPSA) is 103 Å². The summed E-state index contributed by atoms with van der Waals surface area (Å²) in [6.45, 7) is 5.35.